The van der Waals surface area contributed by atoms with Crippen molar-refractivity contribution < 1.29 is 8.42 Å². The van der Waals surface area contributed by atoms with Crippen molar-refractivity contribution >= 4 is 37.4 Å². The van der Waals surface area contributed by atoms with Gasteiger partial charge in [-0.25, -0.2) is 18.4 Å². The third-order valence-electron chi connectivity index (χ3n) is 3.51. The fraction of sp³-hybridized carbons (Fsp3) is 0.500. The Balaban J connectivity index is 2.02. The molecule has 2 aromatic heterocycles. The monoisotopic (exact) mass is 429 g/mol. The summed E-state index contributed by atoms with van der Waals surface area (Å²) < 4.78 is 25.5. The molecule has 0 spiro atoms. The van der Waals surface area contributed by atoms with E-state index in [-0.39, 0.29) is 11.8 Å². The first-order valence-corrected chi connectivity index (χ1v) is 11.0. The molecule has 1 atom stereocenters. The van der Waals surface area contributed by atoms with E-state index in [0.717, 1.165) is 22.4 Å². The summed E-state index contributed by atoms with van der Waals surface area (Å²) in [6, 6.07) is 3.89. The third-order valence-corrected chi connectivity index (χ3v) is 4.96. The number of aromatic nitrogens is 2. The summed E-state index contributed by atoms with van der Waals surface area (Å²) in [5.74, 6) is 0.809. The van der Waals surface area contributed by atoms with Gasteiger partial charge in [-0.1, -0.05) is 0 Å². The van der Waals surface area contributed by atoms with Gasteiger partial charge in [0, 0.05) is 35.7 Å². The summed E-state index contributed by atoms with van der Waals surface area (Å²) in [6.07, 6.45) is 5.68. The fourth-order valence-electron chi connectivity index (χ4n) is 2.27. The number of guanidine groups is 1. The van der Waals surface area contributed by atoms with E-state index in [1.54, 1.807) is 0 Å². The second-order valence-electron chi connectivity index (χ2n) is 6.00. The summed E-state index contributed by atoms with van der Waals surface area (Å²) >= 11 is 3.44. The van der Waals surface area contributed by atoms with Gasteiger partial charge in [0.1, 0.15) is 15.5 Å². The Bertz CT molecular complexity index is 847. The van der Waals surface area contributed by atoms with Crippen LogP contribution in [0, 0.1) is 0 Å². The van der Waals surface area contributed by atoms with Crippen LogP contribution in [0.3, 0.4) is 0 Å². The molecule has 7 nitrogen and oxygen atoms in total. The van der Waals surface area contributed by atoms with E-state index in [0.29, 0.717) is 18.9 Å². The van der Waals surface area contributed by atoms with Crippen molar-refractivity contribution in [1.29, 1.82) is 0 Å². The molecule has 2 heterocycles. The first-order chi connectivity index (χ1) is 11.8. The van der Waals surface area contributed by atoms with Gasteiger partial charge in [0.15, 0.2) is 5.96 Å². The van der Waals surface area contributed by atoms with Gasteiger partial charge in [0.25, 0.3) is 0 Å². The number of halogens is 1. The number of nitrogens with zero attached hydrogens (tertiary/aromatic N) is 3. The van der Waals surface area contributed by atoms with Crippen LogP contribution in [0.15, 0.2) is 34.0 Å². The molecule has 0 aliphatic heterocycles. The molecule has 138 valence electrons. The van der Waals surface area contributed by atoms with E-state index >= 15 is 0 Å². The van der Waals surface area contributed by atoms with Crippen LogP contribution >= 0.6 is 15.9 Å². The molecule has 2 N–H and O–H groups in total. The maximum atomic E-state index is 11.3. The number of pyridine rings is 1. The molecule has 0 bridgehead atoms. The highest BCUT2D eigenvalue weighted by atomic mass is 79.9. The summed E-state index contributed by atoms with van der Waals surface area (Å²) in [7, 11) is -2.96. The van der Waals surface area contributed by atoms with Crippen molar-refractivity contribution in [3.63, 3.8) is 0 Å². The van der Waals surface area contributed by atoms with Crippen LogP contribution in [-0.4, -0.2) is 48.4 Å². The summed E-state index contributed by atoms with van der Waals surface area (Å²) in [6.45, 7) is 5.09. The topological polar surface area (TPSA) is 87.9 Å². The summed E-state index contributed by atoms with van der Waals surface area (Å²) in [5.41, 5.74) is 1.73. The van der Waals surface area contributed by atoms with Crippen LogP contribution in [-0.2, 0) is 16.4 Å². The van der Waals surface area contributed by atoms with Crippen molar-refractivity contribution in [2.45, 2.75) is 32.9 Å². The lowest BCUT2D eigenvalue weighted by atomic mass is 10.3. The third kappa shape index (κ3) is 6.66. The van der Waals surface area contributed by atoms with E-state index < -0.39 is 9.84 Å². The van der Waals surface area contributed by atoms with Gasteiger partial charge in [-0.3, -0.25) is 0 Å². The molecule has 9 heteroatoms. The molecule has 0 radical (unpaired) electrons. The normalized spacial score (nSPS) is 13.8. The molecule has 25 heavy (non-hydrogen) atoms. The van der Waals surface area contributed by atoms with Crippen LogP contribution in [0.5, 0.6) is 0 Å². The molecule has 0 fully saturated rings. The minimum atomic E-state index is -2.96. The SMILES string of the molecule is CCNC(=NCc1cn2cc(Br)ccc2n1)NC(C)CCS(C)(=O)=O. The van der Waals surface area contributed by atoms with Gasteiger partial charge in [0.05, 0.1) is 18.0 Å². The fourth-order valence-corrected chi connectivity index (χ4v) is 3.40. The zero-order chi connectivity index (χ0) is 18.4. The van der Waals surface area contributed by atoms with Gasteiger partial charge >= 0.3 is 0 Å². The number of rotatable bonds is 7. The zero-order valence-electron chi connectivity index (χ0n) is 14.7. The Morgan fingerprint density at radius 3 is 2.84 bits per heavy atom. The summed E-state index contributed by atoms with van der Waals surface area (Å²) in [5, 5.41) is 6.41. The van der Waals surface area contributed by atoms with Gasteiger partial charge < -0.3 is 15.0 Å². The average Bonchev–Trinajstić information content (AvgIpc) is 2.92. The predicted octanol–water partition coefficient (Wildman–Crippen LogP) is 1.98. The lowest BCUT2D eigenvalue weighted by Crippen LogP contribution is -2.42. The van der Waals surface area contributed by atoms with E-state index in [4.69, 9.17) is 0 Å². The van der Waals surface area contributed by atoms with Crippen molar-refractivity contribution in [3.05, 3.63) is 34.7 Å². The number of fused-ring (bicyclic) bond motifs is 1. The molecular formula is C16H24BrN5O2S. The number of sulfone groups is 1. The molecule has 0 aromatic carbocycles. The highest BCUT2D eigenvalue weighted by molar-refractivity contribution is 9.10. The van der Waals surface area contributed by atoms with Crippen molar-refractivity contribution in [1.82, 2.24) is 20.0 Å². The first kappa shape index (κ1) is 19.7. The minimum absolute atomic E-state index is 0.00421. The van der Waals surface area contributed by atoms with Gasteiger partial charge in [0.2, 0.25) is 0 Å². The number of imidazole rings is 1. The Morgan fingerprint density at radius 1 is 1.40 bits per heavy atom. The van der Waals surface area contributed by atoms with Gasteiger partial charge in [-0.2, -0.15) is 0 Å². The first-order valence-electron chi connectivity index (χ1n) is 8.12. The van der Waals surface area contributed by atoms with Crippen LogP contribution in [0.2, 0.25) is 0 Å². The van der Waals surface area contributed by atoms with E-state index in [1.807, 2.05) is 42.8 Å². The zero-order valence-corrected chi connectivity index (χ0v) is 17.1. The maximum Gasteiger partial charge on any atom is 0.191 e. The number of hydrogen-bond acceptors (Lipinski definition) is 4. The second kappa shape index (κ2) is 8.66. The molecule has 1 unspecified atom stereocenters. The molecule has 2 rings (SSSR count). The number of aliphatic imine (C=N–C) groups is 1. The van der Waals surface area contributed by atoms with Gasteiger partial charge in [-0.05, 0) is 48.3 Å². The van der Waals surface area contributed by atoms with E-state index in [9.17, 15) is 8.42 Å². The Kier molecular flexibility index (Phi) is 6.83. The Morgan fingerprint density at radius 2 is 2.16 bits per heavy atom. The minimum Gasteiger partial charge on any atom is -0.357 e. The van der Waals surface area contributed by atoms with Crippen LogP contribution in [0.1, 0.15) is 26.0 Å². The smallest absolute Gasteiger partial charge is 0.191 e. The molecular weight excluding hydrogens is 406 g/mol. The maximum absolute atomic E-state index is 11.3. The lowest BCUT2D eigenvalue weighted by Gasteiger charge is -2.17. The molecule has 2 aromatic rings. The highest BCUT2D eigenvalue weighted by Crippen LogP contribution is 2.12. The lowest BCUT2D eigenvalue weighted by molar-refractivity contribution is 0.581. The largest absolute Gasteiger partial charge is 0.357 e. The standard InChI is InChI=1S/C16H24BrN5O2S/c1-4-18-16(20-12(2)7-8-25(3,23)24)19-9-14-11-22-10-13(17)5-6-15(22)21-14/h5-6,10-12H,4,7-9H2,1-3H3,(H2,18,19,20). The van der Waals surface area contributed by atoms with E-state index in [2.05, 4.69) is 36.5 Å². The predicted molar refractivity (Wildman–Crippen MR) is 105 cm³/mol. The van der Waals surface area contributed by atoms with Crippen molar-refractivity contribution in [2.75, 3.05) is 18.6 Å². The van der Waals surface area contributed by atoms with E-state index in [1.165, 1.54) is 6.26 Å². The van der Waals surface area contributed by atoms with Crippen molar-refractivity contribution in [3.8, 4) is 0 Å². The van der Waals surface area contributed by atoms with Crippen LogP contribution in [0.25, 0.3) is 5.65 Å². The van der Waals surface area contributed by atoms with Gasteiger partial charge in [-0.15, -0.1) is 0 Å². The molecule has 0 saturated carbocycles. The molecule has 0 saturated heterocycles. The number of hydrogen-bond donors (Lipinski definition) is 2. The average molecular weight is 430 g/mol. The molecule has 0 aliphatic rings. The molecule has 0 amide bonds. The molecule has 0 aliphatic carbocycles. The Hall–Kier alpha value is -1.61. The summed E-state index contributed by atoms with van der Waals surface area (Å²) in [4.78, 5) is 9.08. The number of nitrogens with one attached hydrogen (secondary N) is 2. The highest BCUT2D eigenvalue weighted by Gasteiger charge is 2.10. The second-order valence-corrected chi connectivity index (χ2v) is 9.18. The van der Waals surface area contributed by atoms with Crippen LogP contribution in [0.4, 0.5) is 0 Å². The van der Waals surface area contributed by atoms with Crippen LogP contribution < -0.4 is 10.6 Å². The quantitative estimate of drug-likeness (QED) is 0.518. The van der Waals surface area contributed by atoms with Crippen molar-refractivity contribution in [2.24, 2.45) is 4.99 Å². The Labute approximate surface area is 157 Å².